The maximum absolute atomic E-state index is 12.1. The number of amides is 2. The van der Waals surface area contributed by atoms with Gasteiger partial charge in [-0.1, -0.05) is 23.3 Å². The Hall–Kier alpha value is -2.01. The van der Waals surface area contributed by atoms with E-state index in [1.807, 2.05) is 6.92 Å². The number of rotatable bonds is 2. The SMILES string of the molecule is CC1=CCCN(C(=O)Nc2ccc(Cl)cc2C(=O)O)C1. The van der Waals surface area contributed by atoms with Gasteiger partial charge in [0.05, 0.1) is 11.3 Å². The fourth-order valence-corrected chi connectivity index (χ4v) is 2.25. The lowest BCUT2D eigenvalue weighted by Gasteiger charge is -2.26. The topological polar surface area (TPSA) is 69.6 Å². The highest BCUT2D eigenvalue weighted by Crippen LogP contribution is 2.21. The Morgan fingerprint density at radius 1 is 1.40 bits per heavy atom. The quantitative estimate of drug-likeness (QED) is 0.823. The van der Waals surface area contributed by atoms with Gasteiger partial charge in [-0.2, -0.15) is 0 Å². The van der Waals surface area contributed by atoms with Crippen LogP contribution in [-0.4, -0.2) is 35.1 Å². The highest BCUT2D eigenvalue weighted by atomic mass is 35.5. The summed E-state index contributed by atoms with van der Waals surface area (Å²) in [5.41, 5.74) is 1.36. The van der Waals surface area contributed by atoms with Crippen molar-refractivity contribution < 1.29 is 14.7 Å². The van der Waals surface area contributed by atoms with Gasteiger partial charge in [-0.05, 0) is 31.5 Å². The summed E-state index contributed by atoms with van der Waals surface area (Å²) in [4.78, 5) is 24.9. The molecule has 2 rings (SSSR count). The number of hydrogen-bond acceptors (Lipinski definition) is 2. The first kappa shape index (κ1) is 14.4. The second-order valence-electron chi connectivity index (χ2n) is 4.69. The minimum atomic E-state index is -1.13. The van der Waals surface area contributed by atoms with Crippen molar-refractivity contribution in [2.45, 2.75) is 13.3 Å². The maximum atomic E-state index is 12.1. The summed E-state index contributed by atoms with van der Waals surface area (Å²) >= 11 is 5.77. The van der Waals surface area contributed by atoms with E-state index < -0.39 is 5.97 Å². The van der Waals surface area contributed by atoms with Crippen molar-refractivity contribution in [1.29, 1.82) is 0 Å². The summed E-state index contributed by atoms with van der Waals surface area (Å²) in [6.45, 7) is 3.14. The van der Waals surface area contributed by atoms with Crippen LogP contribution in [0.4, 0.5) is 10.5 Å². The third-order valence-corrected chi connectivity index (χ3v) is 3.31. The molecule has 0 bridgehead atoms. The number of benzene rings is 1. The van der Waals surface area contributed by atoms with Crippen LogP contribution in [0.5, 0.6) is 0 Å². The summed E-state index contributed by atoms with van der Waals surface area (Å²) in [6, 6.07) is 4.06. The van der Waals surface area contributed by atoms with Crippen LogP contribution >= 0.6 is 11.6 Å². The van der Waals surface area contributed by atoms with Crippen LogP contribution < -0.4 is 5.32 Å². The molecule has 0 aromatic heterocycles. The molecule has 0 unspecified atom stereocenters. The zero-order chi connectivity index (χ0) is 14.7. The van der Waals surface area contributed by atoms with Crippen LogP contribution in [0.15, 0.2) is 29.8 Å². The van der Waals surface area contributed by atoms with Gasteiger partial charge in [-0.3, -0.25) is 0 Å². The van der Waals surface area contributed by atoms with Gasteiger partial charge in [0.25, 0.3) is 0 Å². The van der Waals surface area contributed by atoms with Gasteiger partial charge < -0.3 is 15.3 Å². The minimum Gasteiger partial charge on any atom is -0.478 e. The lowest BCUT2D eigenvalue weighted by molar-refractivity contribution is 0.0698. The Labute approximate surface area is 121 Å². The fourth-order valence-electron chi connectivity index (χ4n) is 2.08. The molecule has 0 atom stereocenters. The number of nitrogens with one attached hydrogen (secondary N) is 1. The number of anilines is 1. The van der Waals surface area contributed by atoms with Crippen molar-refractivity contribution in [1.82, 2.24) is 4.90 Å². The number of hydrogen-bond donors (Lipinski definition) is 2. The van der Waals surface area contributed by atoms with Crippen molar-refractivity contribution in [2.75, 3.05) is 18.4 Å². The normalized spacial score (nSPS) is 14.7. The van der Waals surface area contributed by atoms with Crippen molar-refractivity contribution >= 4 is 29.3 Å². The summed E-state index contributed by atoms with van der Waals surface area (Å²) in [6.07, 6.45) is 2.90. The van der Waals surface area contributed by atoms with Crippen LogP contribution in [-0.2, 0) is 0 Å². The molecule has 1 aromatic carbocycles. The first-order valence-electron chi connectivity index (χ1n) is 6.22. The Bertz CT molecular complexity index is 584. The fraction of sp³-hybridized carbons (Fsp3) is 0.286. The molecular weight excluding hydrogens is 280 g/mol. The largest absolute Gasteiger partial charge is 0.478 e. The highest BCUT2D eigenvalue weighted by molar-refractivity contribution is 6.31. The van der Waals surface area contributed by atoms with E-state index in [4.69, 9.17) is 16.7 Å². The highest BCUT2D eigenvalue weighted by Gasteiger charge is 2.19. The summed E-state index contributed by atoms with van der Waals surface area (Å²) < 4.78 is 0. The molecule has 1 aliphatic heterocycles. The average Bonchev–Trinajstić information content (AvgIpc) is 2.40. The van der Waals surface area contributed by atoms with Gasteiger partial charge in [0.1, 0.15) is 0 Å². The average molecular weight is 295 g/mol. The zero-order valence-electron chi connectivity index (χ0n) is 11.0. The third kappa shape index (κ3) is 3.30. The molecule has 2 N–H and O–H groups in total. The molecular formula is C14H15ClN2O3. The summed E-state index contributed by atoms with van der Waals surface area (Å²) in [5, 5.41) is 12.1. The van der Waals surface area contributed by atoms with E-state index >= 15 is 0 Å². The lowest BCUT2D eigenvalue weighted by atomic mass is 10.1. The van der Waals surface area contributed by atoms with Crippen LogP contribution in [0, 0.1) is 0 Å². The van der Waals surface area contributed by atoms with Gasteiger partial charge >= 0.3 is 12.0 Å². The van der Waals surface area contributed by atoms with Crippen molar-refractivity contribution in [3.8, 4) is 0 Å². The molecule has 0 saturated carbocycles. The molecule has 0 radical (unpaired) electrons. The van der Waals surface area contributed by atoms with Gasteiger partial charge in [0.15, 0.2) is 0 Å². The summed E-state index contributed by atoms with van der Waals surface area (Å²) in [5.74, 6) is -1.13. The lowest BCUT2D eigenvalue weighted by Crippen LogP contribution is -2.38. The van der Waals surface area contributed by atoms with Crippen molar-refractivity contribution in [2.24, 2.45) is 0 Å². The Balaban J connectivity index is 2.16. The van der Waals surface area contributed by atoms with Crippen LogP contribution in [0.1, 0.15) is 23.7 Å². The van der Waals surface area contributed by atoms with Crippen molar-refractivity contribution in [3.05, 3.63) is 40.4 Å². The standard InChI is InChI=1S/C14H15ClN2O3/c1-9-3-2-6-17(8-9)14(20)16-12-5-4-10(15)7-11(12)13(18)19/h3-5,7H,2,6,8H2,1H3,(H,16,20)(H,18,19). The second-order valence-corrected chi connectivity index (χ2v) is 5.12. The second kappa shape index (κ2) is 5.96. The predicted octanol–water partition coefficient (Wildman–Crippen LogP) is 3.22. The van der Waals surface area contributed by atoms with E-state index in [1.54, 1.807) is 11.0 Å². The van der Waals surface area contributed by atoms with E-state index in [2.05, 4.69) is 11.4 Å². The molecule has 20 heavy (non-hydrogen) atoms. The molecule has 0 spiro atoms. The Morgan fingerprint density at radius 3 is 2.80 bits per heavy atom. The molecule has 5 nitrogen and oxygen atoms in total. The van der Waals surface area contributed by atoms with Gasteiger partial charge in [0, 0.05) is 18.1 Å². The first-order chi connectivity index (χ1) is 9.47. The van der Waals surface area contributed by atoms with E-state index in [-0.39, 0.29) is 17.3 Å². The van der Waals surface area contributed by atoms with Gasteiger partial charge in [0.2, 0.25) is 0 Å². The minimum absolute atomic E-state index is 0.0184. The van der Waals surface area contributed by atoms with E-state index in [1.165, 1.54) is 12.1 Å². The molecule has 6 heteroatoms. The van der Waals surface area contributed by atoms with Crippen molar-refractivity contribution in [3.63, 3.8) is 0 Å². The molecule has 1 heterocycles. The summed E-state index contributed by atoms with van der Waals surface area (Å²) in [7, 11) is 0. The maximum Gasteiger partial charge on any atom is 0.337 e. The molecule has 1 aliphatic rings. The third-order valence-electron chi connectivity index (χ3n) is 3.07. The predicted molar refractivity (Wildman–Crippen MR) is 77.4 cm³/mol. The van der Waals surface area contributed by atoms with Gasteiger partial charge in [-0.15, -0.1) is 0 Å². The number of carbonyl (C=O) groups is 2. The van der Waals surface area contributed by atoms with E-state index in [9.17, 15) is 9.59 Å². The Morgan fingerprint density at radius 2 is 2.15 bits per heavy atom. The van der Waals surface area contributed by atoms with E-state index in [0.717, 1.165) is 12.0 Å². The first-order valence-corrected chi connectivity index (χ1v) is 6.59. The molecule has 106 valence electrons. The zero-order valence-corrected chi connectivity index (χ0v) is 11.8. The number of urea groups is 1. The molecule has 1 aromatic rings. The van der Waals surface area contributed by atoms with Crippen LogP contribution in [0.2, 0.25) is 5.02 Å². The molecule has 0 fully saturated rings. The van der Waals surface area contributed by atoms with Crippen LogP contribution in [0.25, 0.3) is 0 Å². The number of carboxylic acid groups (broad SMARTS) is 1. The molecule has 2 amide bonds. The number of nitrogens with zero attached hydrogens (tertiary/aromatic N) is 1. The number of carboxylic acids is 1. The molecule has 0 aliphatic carbocycles. The number of carbonyl (C=O) groups excluding carboxylic acids is 1. The smallest absolute Gasteiger partial charge is 0.337 e. The number of halogens is 1. The monoisotopic (exact) mass is 294 g/mol. The van der Waals surface area contributed by atoms with Gasteiger partial charge in [-0.25, -0.2) is 9.59 Å². The van der Waals surface area contributed by atoms with Crippen LogP contribution in [0.3, 0.4) is 0 Å². The molecule has 0 saturated heterocycles. The Kier molecular flexibility index (Phi) is 4.29. The van der Waals surface area contributed by atoms with E-state index in [0.29, 0.717) is 18.1 Å². The number of aromatic carboxylic acids is 1.